The predicted octanol–water partition coefficient (Wildman–Crippen LogP) is 2.12. The second-order valence-electron chi connectivity index (χ2n) is 5.80. The summed E-state index contributed by atoms with van der Waals surface area (Å²) in [5, 5.41) is 8.09. The van der Waals surface area contributed by atoms with Gasteiger partial charge < -0.3 is 9.80 Å². The molecule has 1 aliphatic heterocycles. The first-order valence-corrected chi connectivity index (χ1v) is 7.57. The van der Waals surface area contributed by atoms with Crippen molar-refractivity contribution in [1.29, 1.82) is 0 Å². The van der Waals surface area contributed by atoms with Gasteiger partial charge in [-0.2, -0.15) is 5.10 Å². The van der Waals surface area contributed by atoms with E-state index in [2.05, 4.69) is 35.5 Å². The molecule has 0 bridgehead atoms. The van der Waals surface area contributed by atoms with E-state index in [9.17, 15) is 4.79 Å². The minimum absolute atomic E-state index is 0.0290. The maximum atomic E-state index is 11.9. The van der Waals surface area contributed by atoms with Crippen LogP contribution >= 0.6 is 0 Å². The van der Waals surface area contributed by atoms with E-state index < -0.39 is 0 Å². The number of amides is 1. The Balaban J connectivity index is 1.89. The molecule has 1 aromatic rings. The van der Waals surface area contributed by atoms with Crippen LogP contribution in [0.1, 0.15) is 26.7 Å². The fourth-order valence-corrected chi connectivity index (χ4v) is 2.76. The number of anilines is 1. The van der Waals surface area contributed by atoms with Gasteiger partial charge in [0.05, 0.1) is 0 Å². The van der Waals surface area contributed by atoms with Gasteiger partial charge in [0.1, 0.15) is 0 Å². The first-order chi connectivity index (χ1) is 10.1. The number of hydrogen-bond donors (Lipinski definition) is 0. The summed E-state index contributed by atoms with van der Waals surface area (Å²) in [6, 6.07) is 4.13. The monoisotopic (exact) mass is 288 g/mol. The van der Waals surface area contributed by atoms with Crippen LogP contribution in [0.3, 0.4) is 0 Å². The van der Waals surface area contributed by atoms with Crippen LogP contribution in [0.15, 0.2) is 31.0 Å². The molecule has 5 nitrogen and oxygen atoms in total. The molecular weight excluding hydrogens is 264 g/mol. The van der Waals surface area contributed by atoms with Crippen molar-refractivity contribution in [2.75, 3.05) is 24.5 Å². The summed E-state index contributed by atoms with van der Waals surface area (Å²) in [7, 11) is 0. The third-order valence-electron chi connectivity index (χ3n) is 4.03. The highest BCUT2D eigenvalue weighted by Gasteiger charge is 2.24. The molecule has 114 valence electrons. The van der Waals surface area contributed by atoms with Gasteiger partial charge in [0.25, 0.3) is 0 Å². The maximum Gasteiger partial charge on any atom is 0.246 e. The van der Waals surface area contributed by atoms with E-state index in [1.54, 1.807) is 6.20 Å². The van der Waals surface area contributed by atoms with Crippen LogP contribution in [0.25, 0.3) is 0 Å². The van der Waals surface area contributed by atoms with Gasteiger partial charge in [0.2, 0.25) is 5.91 Å². The van der Waals surface area contributed by atoms with Gasteiger partial charge in [-0.3, -0.25) is 4.79 Å². The summed E-state index contributed by atoms with van der Waals surface area (Å²) in [5.41, 5.74) is 0. The topological polar surface area (TPSA) is 49.3 Å². The van der Waals surface area contributed by atoms with Crippen LogP contribution in [-0.2, 0) is 4.79 Å². The summed E-state index contributed by atoms with van der Waals surface area (Å²) in [6.07, 6.45) is 5.25. The molecule has 0 atom stereocenters. The van der Waals surface area contributed by atoms with E-state index in [-0.39, 0.29) is 11.9 Å². The molecule has 0 spiro atoms. The first-order valence-electron chi connectivity index (χ1n) is 7.57. The van der Waals surface area contributed by atoms with Crippen molar-refractivity contribution in [3.05, 3.63) is 31.0 Å². The van der Waals surface area contributed by atoms with Crippen molar-refractivity contribution in [2.24, 2.45) is 5.92 Å². The molecule has 0 aromatic carbocycles. The average Bonchev–Trinajstić information content (AvgIpc) is 2.53. The van der Waals surface area contributed by atoms with Crippen molar-refractivity contribution >= 4 is 11.7 Å². The highest BCUT2D eigenvalue weighted by molar-refractivity contribution is 5.87. The first kappa shape index (κ1) is 15.5. The number of rotatable bonds is 5. The van der Waals surface area contributed by atoms with E-state index in [1.165, 1.54) is 6.08 Å². The molecule has 21 heavy (non-hydrogen) atoms. The molecule has 0 radical (unpaired) electrons. The van der Waals surface area contributed by atoms with Gasteiger partial charge in [-0.15, -0.1) is 5.10 Å². The zero-order valence-corrected chi connectivity index (χ0v) is 12.9. The fraction of sp³-hybridized carbons (Fsp3) is 0.562. The molecular formula is C16H24N4O. The van der Waals surface area contributed by atoms with Crippen LogP contribution in [-0.4, -0.2) is 46.7 Å². The highest BCUT2D eigenvalue weighted by Crippen LogP contribution is 2.22. The van der Waals surface area contributed by atoms with Crippen molar-refractivity contribution in [3.8, 4) is 0 Å². The number of carbonyl (C=O) groups is 1. The lowest BCUT2D eigenvalue weighted by Crippen LogP contribution is -2.43. The smallest absolute Gasteiger partial charge is 0.246 e. The normalized spacial score (nSPS) is 16.0. The second kappa shape index (κ2) is 7.20. The van der Waals surface area contributed by atoms with Crippen LogP contribution in [0, 0.1) is 5.92 Å². The lowest BCUT2D eigenvalue weighted by Gasteiger charge is -2.36. The zero-order chi connectivity index (χ0) is 15.2. The van der Waals surface area contributed by atoms with Gasteiger partial charge in [-0.05, 0) is 50.8 Å². The number of nitrogens with zero attached hydrogens (tertiary/aromatic N) is 4. The Hall–Kier alpha value is -1.91. The second-order valence-corrected chi connectivity index (χ2v) is 5.80. The minimum atomic E-state index is 0.0290. The number of hydrogen-bond acceptors (Lipinski definition) is 4. The fourth-order valence-electron chi connectivity index (χ4n) is 2.76. The summed E-state index contributed by atoms with van der Waals surface area (Å²) in [4.78, 5) is 16.1. The summed E-state index contributed by atoms with van der Waals surface area (Å²) in [5.74, 6) is 1.52. The quantitative estimate of drug-likeness (QED) is 0.779. The molecule has 2 heterocycles. The number of carbonyl (C=O) groups excluding carboxylic acids is 1. The highest BCUT2D eigenvalue weighted by atomic mass is 16.2. The molecule has 1 amide bonds. The van der Waals surface area contributed by atoms with E-state index >= 15 is 0 Å². The molecule has 0 saturated carbocycles. The Morgan fingerprint density at radius 3 is 2.76 bits per heavy atom. The van der Waals surface area contributed by atoms with Gasteiger partial charge in [0, 0.05) is 31.9 Å². The van der Waals surface area contributed by atoms with E-state index in [4.69, 9.17) is 0 Å². The standard InChI is InChI=1S/C16H24N4O/c1-4-16(21)20(13(2)3)12-14-7-10-19(11-8-14)15-6-5-9-17-18-15/h4-6,9,13-14H,1,7-8,10-12H2,2-3H3. The molecule has 1 saturated heterocycles. The van der Waals surface area contributed by atoms with Gasteiger partial charge in [0.15, 0.2) is 5.82 Å². The lowest BCUT2D eigenvalue weighted by atomic mass is 9.95. The van der Waals surface area contributed by atoms with Crippen LogP contribution < -0.4 is 4.90 Å². The van der Waals surface area contributed by atoms with Gasteiger partial charge in [-0.1, -0.05) is 6.58 Å². The lowest BCUT2D eigenvalue weighted by molar-refractivity contribution is -0.128. The summed E-state index contributed by atoms with van der Waals surface area (Å²) < 4.78 is 0. The predicted molar refractivity (Wildman–Crippen MR) is 84.0 cm³/mol. The summed E-state index contributed by atoms with van der Waals surface area (Å²) in [6.45, 7) is 10.5. The minimum Gasteiger partial charge on any atom is -0.355 e. The third-order valence-corrected chi connectivity index (χ3v) is 4.03. The van der Waals surface area contributed by atoms with E-state index in [0.717, 1.165) is 38.3 Å². The zero-order valence-electron chi connectivity index (χ0n) is 12.9. The Bertz CT molecular complexity index is 466. The number of aromatic nitrogens is 2. The molecule has 1 aromatic heterocycles. The SMILES string of the molecule is C=CC(=O)N(CC1CCN(c2cccnn2)CC1)C(C)C. The van der Waals surface area contributed by atoms with Crippen LogP contribution in [0.5, 0.6) is 0 Å². The van der Waals surface area contributed by atoms with E-state index in [0.29, 0.717) is 5.92 Å². The van der Waals surface area contributed by atoms with Crippen molar-refractivity contribution in [2.45, 2.75) is 32.7 Å². The Kier molecular flexibility index (Phi) is 5.31. The molecule has 5 heteroatoms. The Labute approximate surface area is 126 Å². The Morgan fingerprint density at radius 1 is 1.52 bits per heavy atom. The number of piperidine rings is 1. The maximum absolute atomic E-state index is 11.9. The van der Waals surface area contributed by atoms with Crippen LogP contribution in [0.2, 0.25) is 0 Å². The Morgan fingerprint density at radius 2 is 2.24 bits per heavy atom. The van der Waals surface area contributed by atoms with Crippen LogP contribution in [0.4, 0.5) is 5.82 Å². The molecule has 1 fully saturated rings. The molecule has 0 aliphatic carbocycles. The summed E-state index contributed by atoms with van der Waals surface area (Å²) >= 11 is 0. The molecule has 2 rings (SSSR count). The van der Waals surface area contributed by atoms with Crippen molar-refractivity contribution in [1.82, 2.24) is 15.1 Å². The molecule has 0 unspecified atom stereocenters. The van der Waals surface area contributed by atoms with E-state index in [1.807, 2.05) is 17.0 Å². The van der Waals surface area contributed by atoms with Crippen molar-refractivity contribution < 1.29 is 4.79 Å². The molecule has 1 aliphatic rings. The third kappa shape index (κ3) is 4.03. The van der Waals surface area contributed by atoms with Gasteiger partial charge >= 0.3 is 0 Å². The average molecular weight is 288 g/mol. The molecule has 0 N–H and O–H groups in total. The van der Waals surface area contributed by atoms with Crippen molar-refractivity contribution in [3.63, 3.8) is 0 Å². The van der Waals surface area contributed by atoms with Gasteiger partial charge in [-0.25, -0.2) is 0 Å². The largest absolute Gasteiger partial charge is 0.355 e.